The van der Waals surface area contributed by atoms with Crippen molar-refractivity contribution in [3.63, 3.8) is 0 Å². The summed E-state index contributed by atoms with van der Waals surface area (Å²) in [6.45, 7) is 1.83. The molecule has 2 N–H and O–H groups in total. The molecule has 0 amide bonds. The van der Waals surface area contributed by atoms with Crippen LogP contribution in [0, 0.1) is 12.7 Å². The van der Waals surface area contributed by atoms with Gasteiger partial charge in [0.25, 0.3) is 0 Å². The normalized spacial score (nSPS) is 9.90. The first kappa shape index (κ1) is 7.54. The fourth-order valence-corrected chi connectivity index (χ4v) is 1.11. The minimum atomic E-state index is -0.317. The number of anilines is 1. The van der Waals surface area contributed by atoms with Crippen LogP contribution < -0.4 is 5.73 Å². The fraction of sp³-hybridized carbons (Fsp3) is 0.143. The molecule has 0 aliphatic rings. The van der Waals surface area contributed by atoms with E-state index in [2.05, 4.69) is 15.9 Å². The Morgan fingerprint density at radius 3 is 2.60 bits per heavy atom. The van der Waals surface area contributed by atoms with Gasteiger partial charge in [-0.15, -0.1) is 0 Å². The molecular formula is C7H7BrFN. The van der Waals surface area contributed by atoms with Crippen LogP contribution in [0.5, 0.6) is 0 Å². The summed E-state index contributed by atoms with van der Waals surface area (Å²) in [5.41, 5.74) is 6.85. The number of aryl methyl sites for hydroxylation is 1. The highest BCUT2D eigenvalue weighted by Gasteiger charge is 2.03. The van der Waals surface area contributed by atoms with Crippen molar-refractivity contribution in [1.82, 2.24) is 0 Å². The molecule has 1 aromatic carbocycles. The quantitative estimate of drug-likeness (QED) is 0.645. The van der Waals surface area contributed by atoms with Gasteiger partial charge in [-0.2, -0.15) is 0 Å². The lowest BCUT2D eigenvalue weighted by atomic mass is 10.2. The van der Waals surface area contributed by atoms with Gasteiger partial charge in [-0.1, -0.05) is 6.07 Å². The molecule has 0 fully saturated rings. The van der Waals surface area contributed by atoms with E-state index in [9.17, 15) is 4.39 Å². The highest BCUT2D eigenvalue weighted by molar-refractivity contribution is 9.10. The molecule has 1 aromatic rings. The molecule has 0 saturated heterocycles. The molecule has 0 spiro atoms. The minimum Gasteiger partial charge on any atom is -0.398 e. The molecule has 0 aliphatic heterocycles. The lowest BCUT2D eigenvalue weighted by Gasteiger charge is -2.01. The second-order valence-electron chi connectivity index (χ2n) is 2.09. The van der Waals surface area contributed by atoms with Crippen LogP contribution in [0.4, 0.5) is 10.1 Å². The molecule has 0 unspecified atom stereocenters. The monoisotopic (exact) mass is 203 g/mol. The van der Waals surface area contributed by atoms with E-state index >= 15 is 0 Å². The lowest BCUT2D eigenvalue weighted by molar-refractivity contribution is 0.621. The van der Waals surface area contributed by atoms with Crippen LogP contribution >= 0.6 is 15.9 Å². The van der Waals surface area contributed by atoms with Crippen LogP contribution in [0.3, 0.4) is 0 Å². The second-order valence-corrected chi connectivity index (χ2v) is 2.88. The molecule has 10 heavy (non-hydrogen) atoms. The zero-order valence-corrected chi connectivity index (χ0v) is 7.07. The molecule has 0 aliphatic carbocycles. The molecule has 0 bridgehead atoms. The average Bonchev–Trinajstić information content (AvgIpc) is 1.93. The van der Waals surface area contributed by atoms with Crippen LogP contribution in [-0.2, 0) is 0 Å². The minimum absolute atomic E-state index is 0.317. The highest BCUT2D eigenvalue weighted by atomic mass is 79.9. The number of hydrogen-bond acceptors (Lipinski definition) is 1. The van der Waals surface area contributed by atoms with Crippen molar-refractivity contribution in [2.75, 3.05) is 5.73 Å². The van der Waals surface area contributed by atoms with E-state index < -0.39 is 0 Å². The molecule has 3 heteroatoms. The second kappa shape index (κ2) is 2.58. The Morgan fingerprint density at radius 2 is 2.10 bits per heavy atom. The number of hydrogen-bond donors (Lipinski definition) is 1. The third kappa shape index (κ3) is 1.14. The SMILES string of the molecule is Cc1ccc(F)c(Br)c1N. The van der Waals surface area contributed by atoms with Crippen LogP contribution in [-0.4, -0.2) is 0 Å². The fourth-order valence-electron chi connectivity index (χ4n) is 0.663. The predicted octanol–water partition coefficient (Wildman–Crippen LogP) is 2.48. The molecule has 1 rings (SSSR count). The Bertz CT molecular complexity index is 233. The van der Waals surface area contributed by atoms with E-state index in [1.807, 2.05) is 6.92 Å². The average molecular weight is 204 g/mol. The summed E-state index contributed by atoms with van der Waals surface area (Å²) >= 11 is 3.03. The Kier molecular flexibility index (Phi) is 1.94. The van der Waals surface area contributed by atoms with E-state index in [0.717, 1.165) is 5.56 Å². The van der Waals surface area contributed by atoms with Crippen molar-refractivity contribution >= 4 is 21.6 Å². The molecular weight excluding hydrogens is 197 g/mol. The predicted molar refractivity (Wildman–Crippen MR) is 43.2 cm³/mol. The van der Waals surface area contributed by atoms with Gasteiger partial charge in [-0.05, 0) is 34.5 Å². The van der Waals surface area contributed by atoms with Gasteiger partial charge in [0.2, 0.25) is 0 Å². The summed E-state index contributed by atoms with van der Waals surface area (Å²) in [6, 6.07) is 3.03. The molecule has 0 atom stereocenters. The maximum absolute atomic E-state index is 12.6. The largest absolute Gasteiger partial charge is 0.398 e. The van der Waals surface area contributed by atoms with E-state index in [0.29, 0.717) is 10.2 Å². The van der Waals surface area contributed by atoms with Gasteiger partial charge in [-0.25, -0.2) is 4.39 Å². The van der Waals surface area contributed by atoms with Gasteiger partial charge in [0.1, 0.15) is 5.82 Å². The first-order chi connectivity index (χ1) is 4.63. The van der Waals surface area contributed by atoms with Crippen LogP contribution in [0.1, 0.15) is 5.56 Å². The zero-order chi connectivity index (χ0) is 7.72. The third-order valence-corrected chi connectivity index (χ3v) is 2.16. The molecule has 0 radical (unpaired) electrons. The summed E-state index contributed by atoms with van der Waals surface area (Å²) in [7, 11) is 0. The van der Waals surface area contributed by atoms with Crippen molar-refractivity contribution in [3.8, 4) is 0 Å². The maximum Gasteiger partial charge on any atom is 0.139 e. The van der Waals surface area contributed by atoms with Crippen LogP contribution in [0.25, 0.3) is 0 Å². The molecule has 0 aromatic heterocycles. The first-order valence-corrected chi connectivity index (χ1v) is 3.62. The van der Waals surface area contributed by atoms with E-state index in [4.69, 9.17) is 5.73 Å². The van der Waals surface area contributed by atoms with E-state index in [1.165, 1.54) is 6.07 Å². The Balaban J connectivity index is 3.34. The lowest BCUT2D eigenvalue weighted by Crippen LogP contribution is -1.92. The zero-order valence-electron chi connectivity index (χ0n) is 5.49. The topological polar surface area (TPSA) is 26.0 Å². The third-order valence-electron chi connectivity index (χ3n) is 1.35. The number of nitrogen functional groups attached to an aromatic ring is 1. The Morgan fingerprint density at radius 1 is 1.50 bits per heavy atom. The molecule has 0 saturated carbocycles. The van der Waals surface area contributed by atoms with Crippen molar-refractivity contribution in [3.05, 3.63) is 28.0 Å². The van der Waals surface area contributed by atoms with Gasteiger partial charge >= 0.3 is 0 Å². The number of benzene rings is 1. The van der Waals surface area contributed by atoms with Gasteiger partial charge < -0.3 is 5.73 Å². The van der Waals surface area contributed by atoms with Crippen LogP contribution in [0.15, 0.2) is 16.6 Å². The smallest absolute Gasteiger partial charge is 0.139 e. The summed E-state index contributed by atoms with van der Waals surface area (Å²) < 4.78 is 13.0. The van der Waals surface area contributed by atoms with Gasteiger partial charge in [0.05, 0.1) is 10.2 Å². The first-order valence-electron chi connectivity index (χ1n) is 2.83. The number of rotatable bonds is 0. The van der Waals surface area contributed by atoms with Crippen molar-refractivity contribution < 1.29 is 4.39 Å². The Labute approximate surface area is 67.2 Å². The molecule has 0 heterocycles. The van der Waals surface area contributed by atoms with E-state index in [1.54, 1.807) is 6.07 Å². The molecule has 1 nitrogen and oxygen atoms in total. The number of nitrogens with two attached hydrogens (primary N) is 1. The van der Waals surface area contributed by atoms with Gasteiger partial charge in [0, 0.05) is 0 Å². The number of halogens is 2. The summed E-state index contributed by atoms with van der Waals surface area (Å²) in [6.07, 6.45) is 0. The highest BCUT2D eigenvalue weighted by Crippen LogP contribution is 2.25. The maximum atomic E-state index is 12.6. The van der Waals surface area contributed by atoms with Crippen LogP contribution in [0.2, 0.25) is 0 Å². The summed E-state index contributed by atoms with van der Waals surface area (Å²) in [4.78, 5) is 0. The van der Waals surface area contributed by atoms with Gasteiger partial charge in [-0.3, -0.25) is 0 Å². The van der Waals surface area contributed by atoms with Gasteiger partial charge in [0.15, 0.2) is 0 Å². The Hall–Kier alpha value is -0.570. The van der Waals surface area contributed by atoms with E-state index in [-0.39, 0.29) is 5.82 Å². The standard InChI is InChI=1S/C7H7BrFN/c1-4-2-3-5(9)6(8)7(4)10/h2-3H,10H2,1H3. The van der Waals surface area contributed by atoms with Crippen molar-refractivity contribution in [2.45, 2.75) is 6.92 Å². The summed E-state index contributed by atoms with van der Waals surface area (Å²) in [5, 5.41) is 0. The summed E-state index contributed by atoms with van der Waals surface area (Å²) in [5.74, 6) is -0.317. The van der Waals surface area contributed by atoms with Crippen molar-refractivity contribution in [1.29, 1.82) is 0 Å². The molecule has 54 valence electrons. The van der Waals surface area contributed by atoms with Crippen molar-refractivity contribution in [2.24, 2.45) is 0 Å².